The summed E-state index contributed by atoms with van der Waals surface area (Å²) in [5.74, 6) is 0.864. The zero-order valence-electron chi connectivity index (χ0n) is 12.0. The number of hydrogen-bond donors (Lipinski definition) is 0. The third-order valence-corrected chi connectivity index (χ3v) is 5.43. The van der Waals surface area contributed by atoms with Gasteiger partial charge in [0.15, 0.2) is 0 Å². The van der Waals surface area contributed by atoms with Crippen LogP contribution in [0.3, 0.4) is 0 Å². The van der Waals surface area contributed by atoms with Crippen LogP contribution in [0.15, 0.2) is 11.1 Å². The molecule has 17 heavy (non-hydrogen) atoms. The van der Waals surface area contributed by atoms with E-state index in [0.29, 0.717) is 11.7 Å². The van der Waals surface area contributed by atoms with E-state index < -0.39 is 0 Å². The minimum Gasteiger partial charge on any atom is -0.299 e. The molecule has 0 radical (unpaired) electrons. The van der Waals surface area contributed by atoms with Crippen molar-refractivity contribution in [3.05, 3.63) is 11.1 Å². The van der Waals surface area contributed by atoms with Gasteiger partial charge in [0.05, 0.1) is 5.41 Å². The van der Waals surface area contributed by atoms with Crippen LogP contribution in [-0.4, -0.2) is 5.78 Å². The van der Waals surface area contributed by atoms with E-state index in [0.717, 1.165) is 0 Å². The molecule has 96 valence electrons. The van der Waals surface area contributed by atoms with E-state index in [2.05, 4.69) is 27.7 Å². The molecular weight excluding hydrogens is 208 g/mol. The van der Waals surface area contributed by atoms with Gasteiger partial charge in [0, 0.05) is 0 Å². The second-order valence-electron chi connectivity index (χ2n) is 6.91. The van der Waals surface area contributed by atoms with E-state index in [1.165, 1.54) is 37.7 Å². The molecule has 0 amide bonds. The summed E-state index contributed by atoms with van der Waals surface area (Å²) in [6.07, 6.45) is 6.18. The molecule has 0 aromatic rings. The van der Waals surface area contributed by atoms with Crippen molar-refractivity contribution in [3.8, 4) is 0 Å². The Labute approximate surface area is 106 Å². The first-order valence-corrected chi connectivity index (χ1v) is 7.04. The molecule has 2 rings (SSSR count). The molecule has 0 fully saturated rings. The molecule has 0 heterocycles. The minimum absolute atomic E-state index is 0.197. The quantitative estimate of drug-likeness (QED) is 0.610. The fraction of sp³-hybridized carbons (Fsp3) is 0.812. The Morgan fingerprint density at radius 2 is 1.88 bits per heavy atom. The number of hydrogen-bond acceptors (Lipinski definition) is 1. The number of carbonyl (C=O) groups is 1. The Kier molecular flexibility index (Phi) is 3.00. The third kappa shape index (κ3) is 1.78. The van der Waals surface area contributed by atoms with Crippen molar-refractivity contribution < 1.29 is 4.79 Å². The minimum atomic E-state index is -0.197. The smallest absolute Gasteiger partial charge is 0.140 e. The van der Waals surface area contributed by atoms with Gasteiger partial charge >= 0.3 is 0 Å². The molecule has 0 spiro atoms. The lowest BCUT2D eigenvalue weighted by atomic mass is 9.53. The van der Waals surface area contributed by atoms with Crippen LogP contribution in [-0.2, 0) is 4.79 Å². The summed E-state index contributed by atoms with van der Waals surface area (Å²) in [6.45, 7) is 10.9. The topological polar surface area (TPSA) is 17.1 Å². The predicted octanol–water partition coefficient (Wildman–Crippen LogP) is 4.52. The summed E-state index contributed by atoms with van der Waals surface area (Å²) in [7, 11) is 0. The van der Waals surface area contributed by atoms with Crippen LogP contribution < -0.4 is 0 Å². The maximum atomic E-state index is 12.2. The first-order valence-electron chi connectivity index (χ1n) is 7.04. The summed E-state index contributed by atoms with van der Waals surface area (Å²) in [5.41, 5.74) is 3.14. The summed E-state index contributed by atoms with van der Waals surface area (Å²) >= 11 is 0. The second kappa shape index (κ2) is 3.96. The lowest BCUT2D eigenvalue weighted by Gasteiger charge is -2.50. The average Bonchev–Trinajstić information content (AvgIpc) is 2.22. The first-order chi connectivity index (χ1) is 7.80. The maximum Gasteiger partial charge on any atom is 0.140 e. The SMILES string of the molecule is CC(=O)C1(C)C2=C(CCCC2(C)C)CCC1C. The standard InChI is InChI=1S/C16H26O/c1-11-8-9-13-7-6-10-15(3,4)14(13)16(11,5)12(2)17/h11H,6-10H2,1-5H3. The highest BCUT2D eigenvalue weighted by Crippen LogP contribution is 2.56. The lowest BCUT2D eigenvalue weighted by molar-refractivity contribution is -0.127. The molecule has 0 aromatic heterocycles. The fourth-order valence-corrected chi connectivity index (χ4v) is 4.24. The monoisotopic (exact) mass is 234 g/mol. The number of rotatable bonds is 1. The van der Waals surface area contributed by atoms with E-state index in [4.69, 9.17) is 0 Å². The van der Waals surface area contributed by atoms with Gasteiger partial charge < -0.3 is 0 Å². The summed E-state index contributed by atoms with van der Waals surface area (Å²) in [4.78, 5) is 12.2. The highest BCUT2D eigenvalue weighted by atomic mass is 16.1. The van der Waals surface area contributed by atoms with Gasteiger partial charge in [-0.15, -0.1) is 0 Å². The van der Waals surface area contributed by atoms with Crippen molar-refractivity contribution in [3.63, 3.8) is 0 Å². The summed E-state index contributed by atoms with van der Waals surface area (Å²) in [5, 5.41) is 0. The molecule has 0 saturated carbocycles. The predicted molar refractivity (Wildman–Crippen MR) is 71.8 cm³/mol. The van der Waals surface area contributed by atoms with Crippen LogP contribution in [0.25, 0.3) is 0 Å². The van der Waals surface area contributed by atoms with Crippen molar-refractivity contribution >= 4 is 5.78 Å². The molecule has 0 aliphatic heterocycles. The van der Waals surface area contributed by atoms with E-state index in [-0.39, 0.29) is 10.8 Å². The normalized spacial score (nSPS) is 36.6. The fourth-order valence-electron chi connectivity index (χ4n) is 4.24. The molecule has 2 aliphatic rings. The van der Waals surface area contributed by atoms with E-state index in [1.807, 2.05) is 0 Å². The van der Waals surface area contributed by atoms with Crippen LogP contribution >= 0.6 is 0 Å². The molecule has 2 aliphatic carbocycles. The summed E-state index contributed by atoms with van der Waals surface area (Å²) in [6, 6.07) is 0. The van der Waals surface area contributed by atoms with Crippen LogP contribution in [0, 0.1) is 16.7 Å². The molecule has 1 nitrogen and oxygen atoms in total. The van der Waals surface area contributed by atoms with Crippen LogP contribution in [0.2, 0.25) is 0 Å². The number of ketones is 1. The highest BCUT2D eigenvalue weighted by molar-refractivity contribution is 5.86. The van der Waals surface area contributed by atoms with Gasteiger partial charge in [0.25, 0.3) is 0 Å². The molecule has 1 heteroatoms. The van der Waals surface area contributed by atoms with Crippen LogP contribution in [0.5, 0.6) is 0 Å². The van der Waals surface area contributed by atoms with E-state index >= 15 is 0 Å². The van der Waals surface area contributed by atoms with Crippen molar-refractivity contribution in [2.24, 2.45) is 16.7 Å². The lowest BCUT2D eigenvalue weighted by Crippen LogP contribution is -2.44. The van der Waals surface area contributed by atoms with Gasteiger partial charge in [-0.25, -0.2) is 0 Å². The molecule has 0 bridgehead atoms. The molecule has 2 atom stereocenters. The molecule has 2 unspecified atom stereocenters. The Morgan fingerprint density at radius 1 is 1.24 bits per heavy atom. The molecule has 0 N–H and O–H groups in total. The Bertz CT molecular complexity index is 375. The van der Waals surface area contributed by atoms with E-state index in [9.17, 15) is 4.79 Å². The Morgan fingerprint density at radius 3 is 2.47 bits per heavy atom. The maximum absolute atomic E-state index is 12.2. The second-order valence-corrected chi connectivity index (χ2v) is 6.91. The van der Waals surface area contributed by atoms with Crippen LogP contribution in [0.1, 0.15) is 66.7 Å². The highest BCUT2D eigenvalue weighted by Gasteiger charge is 2.49. The number of Topliss-reactive ketones (excluding diaryl/α,β-unsaturated/α-hetero) is 1. The van der Waals surface area contributed by atoms with E-state index in [1.54, 1.807) is 12.5 Å². The van der Waals surface area contributed by atoms with Gasteiger partial charge in [-0.05, 0) is 57.3 Å². The van der Waals surface area contributed by atoms with Crippen molar-refractivity contribution in [1.82, 2.24) is 0 Å². The number of carbonyl (C=O) groups excluding carboxylic acids is 1. The average molecular weight is 234 g/mol. The molecule has 0 aromatic carbocycles. The largest absolute Gasteiger partial charge is 0.299 e. The Balaban J connectivity index is 2.59. The van der Waals surface area contributed by atoms with Crippen molar-refractivity contribution in [2.45, 2.75) is 66.7 Å². The van der Waals surface area contributed by atoms with Crippen LogP contribution in [0.4, 0.5) is 0 Å². The summed E-state index contributed by atoms with van der Waals surface area (Å²) < 4.78 is 0. The van der Waals surface area contributed by atoms with Gasteiger partial charge in [-0.3, -0.25) is 4.79 Å². The zero-order chi connectivity index (χ0) is 12.8. The molecule has 0 saturated heterocycles. The Hall–Kier alpha value is -0.590. The van der Waals surface area contributed by atoms with Gasteiger partial charge in [-0.2, -0.15) is 0 Å². The van der Waals surface area contributed by atoms with Crippen molar-refractivity contribution in [1.29, 1.82) is 0 Å². The van der Waals surface area contributed by atoms with Gasteiger partial charge in [0.1, 0.15) is 5.78 Å². The van der Waals surface area contributed by atoms with Gasteiger partial charge in [-0.1, -0.05) is 31.9 Å². The first kappa shape index (κ1) is 12.9. The molecular formula is C16H26O. The third-order valence-electron chi connectivity index (χ3n) is 5.43. The van der Waals surface area contributed by atoms with Gasteiger partial charge in [0.2, 0.25) is 0 Å². The van der Waals surface area contributed by atoms with Crippen molar-refractivity contribution in [2.75, 3.05) is 0 Å². The number of allylic oxidation sites excluding steroid dienone is 2. The zero-order valence-corrected chi connectivity index (χ0v) is 12.0.